The van der Waals surface area contributed by atoms with E-state index in [1.165, 1.54) is 6.08 Å². The molecule has 0 fully saturated rings. The van der Waals surface area contributed by atoms with Crippen molar-refractivity contribution in [2.24, 2.45) is 0 Å². The van der Waals surface area contributed by atoms with Gasteiger partial charge in [0, 0.05) is 12.3 Å². The molecule has 1 atom stereocenters. The number of nitrogens with one attached hydrogen (secondary N) is 1. The molecule has 1 heterocycles. The number of aliphatic hydroxyl groups is 1. The topological polar surface area (TPSA) is 52.6 Å². The van der Waals surface area contributed by atoms with Crippen LogP contribution in [0, 0.1) is 0 Å². The van der Waals surface area contributed by atoms with E-state index < -0.39 is 5.60 Å². The van der Waals surface area contributed by atoms with Gasteiger partial charge in [0.25, 0.3) is 0 Å². The lowest BCUT2D eigenvalue weighted by atomic mass is 9.99. The molecular weight excluding hydrogens is 168 g/mol. The second kappa shape index (κ2) is 3.38. The van der Waals surface area contributed by atoms with Gasteiger partial charge in [-0.15, -0.1) is 0 Å². The molecule has 74 valence electrons. The molecule has 13 heavy (non-hydrogen) atoms. The van der Waals surface area contributed by atoms with Gasteiger partial charge >= 0.3 is 0 Å². The smallest absolute Gasteiger partial charge is 0.246 e. The number of nitrogens with zero attached hydrogens (tertiary/aromatic N) is 1. The van der Waals surface area contributed by atoms with Gasteiger partial charge in [0.15, 0.2) is 0 Å². The molecule has 0 aromatic carbocycles. The molecule has 4 heteroatoms. The maximum Gasteiger partial charge on any atom is 0.246 e. The Morgan fingerprint density at radius 3 is 2.69 bits per heavy atom. The molecule has 0 aromatic rings. The van der Waals surface area contributed by atoms with Crippen molar-refractivity contribution in [1.29, 1.82) is 0 Å². The lowest BCUT2D eigenvalue weighted by Crippen LogP contribution is -2.50. The average molecular weight is 184 g/mol. The zero-order valence-corrected chi connectivity index (χ0v) is 8.24. The maximum atomic E-state index is 10.8. The van der Waals surface area contributed by atoms with Crippen LogP contribution in [0.1, 0.15) is 20.8 Å². The van der Waals surface area contributed by atoms with Crippen LogP contribution in [0.25, 0.3) is 0 Å². The van der Waals surface area contributed by atoms with Crippen LogP contribution < -0.4 is 5.32 Å². The summed E-state index contributed by atoms with van der Waals surface area (Å²) in [4.78, 5) is 12.7. The zero-order valence-electron chi connectivity index (χ0n) is 8.24. The highest BCUT2D eigenvalue weighted by Gasteiger charge is 2.27. The third-order valence-electron chi connectivity index (χ3n) is 2.37. The van der Waals surface area contributed by atoms with Gasteiger partial charge in [0.1, 0.15) is 0 Å². The number of hydrogen-bond acceptors (Lipinski definition) is 3. The van der Waals surface area contributed by atoms with Gasteiger partial charge in [-0.3, -0.25) is 4.79 Å². The Morgan fingerprint density at radius 1 is 1.69 bits per heavy atom. The first-order valence-electron chi connectivity index (χ1n) is 4.35. The van der Waals surface area contributed by atoms with Crippen molar-refractivity contribution in [3.63, 3.8) is 0 Å². The Hall–Kier alpha value is -1.03. The second-order valence-corrected chi connectivity index (χ2v) is 3.86. The molecule has 1 aliphatic rings. The quantitative estimate of drug-likeness (QED) is 0.637. The Kier molecular flexibility index (Phi) is 2.61. The minimum atomic E-state index is -0.771. The van der Waals surface area contributed by atoms with Gasteiger partial charge in [-0.25, -0.2) is 0 Å². The van der Waals surface area contributed by atoms with Crippen LogP contribution >= 0.6 is 0 Å². The summed E-state index contributed by atoms with van der Waals surface area (Å²) in [5.74, 6) is -0.0841. The largest absolute Gasteiger partial charge is 0.388 e. The molecule has 0 aromatic heterocycles. The van der Waals surface area contributed by atoms with E-state index in [2.05, 4.69) is 5.32 Å². The van der Waals surface area contributed by atoms with Crippen molar-refractivity contribution in [2.75, 3.05) is 6.67 Å². The van der Waals surface area contributed by atoms with Crippen molar-refractivity contribution >= 4 is 5.91 Å². The molecule has 1 rings (SSSR count). The Labute approximate surface area is 78.2 Å². The molecule has 0 saturated carbocycles. The first-order chi connectivity index (χ1) is 5.91. The summed E-state index contributed by atoms with van der Waals surface area (Å²) >= 11 is 0. The molecule has 0 radical (unpaired) electrons. The van der Waals surface area contributed by atoms with Crippen LogP contribution in [0.4, 0.5) is 0 Å². The van der Waals surface area contributed by atoms with Crippen LogP contribution in [-0.2, 0) is 4.79 Å². The monoisotopic (exact) mass is 184 g/mol. The van der Waals surface area contributed by atoms with E-state index in [0.717, 1.165) is 0 Å². The van der Waals surface area contributed by atoms with Gasteiger partial charge in [-0.2, -0.15) is 0 Å². The average Bonchev–Trinajstić information content (AvgIpc) is 2.03. The highest BCUT2D eigenvalue weighted by atomic mass is 16.3. The summed E-state index contributed by atoms with van der Waals surface area (Å²) in [6.45, 7) is 5.88. The third-order valence-corrected chi connectivity index (χ3v) is 2.37. The van der Waals surface area contributed by atoms with Crippen molar-refractivity contribution in [1.82, 2.24) is 10.2 Å². The van der Waals surface area contributed by atoms with E-state index in [1.54, 1.807) is 20.0 Å². The summed E-state index contributed by atoms with van der Waals surface area (Å²) in [5, 5.41) is 12.4. The molecule has 1 unspecified atom stereocenters. The standard InChI is InChI=1S/C9H16N2O2/c1-7(9(2,3)13)11-5-4-8(12)10-6-11/h4-5,7,13H,6H2,1-3H3,(H,10,12). The highest BCUT2D eigenvalue weighted by molar-refractivity contribution is 5.87. The van der Waals surface area contributed by atoms with Crippen LogP contribution in [0.15, 0.2) is 12.3 Å². The molecule has 2 N–H and O–H groups in total. The second-order valence-electron chi connectivity index (χ2n) is 3.86. The van der Waals surface area contributed by atoms with Gasteiger partial charge in [0.05, 0.1) is 18.3 Å². The SMILES string of the molecule is CC(N1C=CC(=O)NC1)C(C)(C)O. The Morgan fingerprint density at radius 2 is 2.31 bits per heavy atom. The molecule has 0 spiro atoms. The summed E-state index contributed by atoms with van der Waals surface area (Å²) in [7, 11) is 0. The predicted molar refractivity (Wildman–Crippen MR) is 49.7 cm³/mol. The van der Waals surface area contributed by atoms with E-state index >= 15 is 0 Å². The van der Waals surface area contributed by atoms with Crippen LogP contribution in [0.5, 0.6) is 0 Å². The molecule has 1 amide bonds. The van der Waals surface area contributed by atoms with Crippen molar-refractivity contribution in [2.45, 2.75) is 32.4 Å². The third kappa shape index (κ3) is 2.45. The molecule has 0 saturated heterocycles. The summed E-state index contributed by atoms with van der Waals surface area (Å²) in [6.07, 6.45) is 3.17. The molecule has 4 nitrogen and oxygen atoms in total. The Balaban J connectivity index is 2.64. The van der Waals surface area contributed by atoms with Crippen molar-refractivity contribution in [3.05, 3.63) is 12.3 Å². The lowest BCUT2D eigenvalue weighted by Gasteiger charge is -2.37. The maximum absolute atomic E-state index is 10.8. The molecule has 1 aliphatic heterocycles. The highest BCUT2D eigenvalue weighted by Crippen LogP contribution is 2.15. The lowest BCUT2D eigenvalue weighted by molar-refractivity contribution is -0.118. The van der Waals surface area contributed by atoms with E-state index in [9.17, 15) is 9.90 Å². The first kappa shape index (κ1) is 10.1. The van der Waals surface area contributed by atoms with Gasteiger partial charge < -0.3 is 15.3 Å². The normalized spacial score (nSPS) is 20.0. The zero-order chi connectivity index (χ0) is 10.1. The number of hydrogen-bond donors (Lipinski definition) is 2. The van der Waals surface area contributed by atoms with E-state index in [4.69, 9.17) is 0 Å². The van der Waals surface area contributed by atoms with Crippen molar-refractivity contribution < 1.29 is 9.90 Å². The number of amides is 1. The van der Waals surface area contributed by atoms with Gasteiger partial charge in [-0.1, -0.05) is 0 Å². The van der Waals surface area contributed by atoms with E-state index in [0.29, 0.717) is 6.67 Å². The molecule has 0 bridgehead atoms. The molecule has 0 aliphatic carbocycles. The minimum Gasteiger partial charge on any atom is -0.388 e. The summed E-state index contributed by atoms with van der Waals surface area (Å²) in [6, 6.07) is -0.0238. The number of rotatable bonds is 2. The van der Waals surface area contributed by atoms with Gasteiger partial charge in [-0.05, 0) is 20.8 Å². The first-order valence-corrected chi connectivity index (χ1v) is 4.35. The van der Waals surface area contributed by atoms with Crippen LogP contribution in [0.2, 0.25) is 0 Å². The molecular formula is C9H16N2O2. The number of carbonyl (C=O) groups excluding carboxylic acids is 1. The van der Waals surface area contributed by atoms with Gasteiger partial charge in [0.2, 0.25) is 5.91 Å². The van der Waals surface area contributed by atoms with E-state index in [-0.39, 0.29) is 11.9 Å². The van der Waals surface area contributed by atoms with Crippen LogP contribution in [0.3, 0.4) is 0 Å². The fraction of sp³-hybridized carbons (Fsp3) is 0.667. The minimum absolute atomic E-state index is 0.0238. The fourth-order valence-electron chi connectivity index (χ4n) is 1.12. The summed E-state index contributed by atoms with van der Waals surface area (Å²) in [5.41, 5.74) is -0.771. The summed E-state index contributed by atoms with van der Waals surface area (Å²) < 4.78 is 0. The Bertz CT molecular complexity index is 230. The van der Waals surface area contributed by atoms with Crippen molar-refractivity contribution in [3.8, 4) is 0 Å². The fourth-order valence-corrected chi connectivity index (χ4v) is 1.12. The predicted octanol–water partition coefficient (Wildman–Crippen LogP) is 0.0488. The van der Waals surface area contributed by atoms with Crippen LogP contribution in [-0.4, -0.2) is 34.2 Å². The number of carbonyl (C=O) groups is 1. The van der Waals surface area contributed by atoms with E-state index in [1.807, 2.05) is 11.8 Å².